The highest BCUT2D eigenvalue weighted by Crippen LogP contribution is 2.36. The van der Waals surface area contributed by atoms with Gasteiger partial charge >= 0.3 is 0 Å². The number of amides is 1. The fourth-order valence-corrected chi connectivity index (χ4v) is 3.14. The molecule has 5 nitrogen and oxygen atoms in total. The molecule has 2 saturated heterocycles. The Balaban J connectivity index is 0.00000133. The Kier molecular flexibility index (Phi) is 4.58. The first-order valence-electron chi connectivity index (χ1n) is 6.96. The molecule has 3 rings (SSSR count). The SMILES string of the molecule is CN=C(NC1CC1)N1CCCC2(CNC(=O)C2)C1.I. The average molecular weight is 378 g/mol. The van der Waals surface area contributed by atoms with Crippen molar-refractivity contribution in [2.24, 2.45) is 10.4 Å². The van der Waals surface area contributed by atoms with Gasteiger partial charge in [-0.05, 0) is 25.7 Å². The van der Waals surface area contributed by atoms with Crippen LogP contribution in [0.5, 0.6) is 0 Å². The lowest BCUT2D eigenvalue weighted by molar-refractivity contribution is -0.119. The fourth-order valence-electron chi connectivity index (χ4n) is 3.14. The van der Waals surface area contributed by atoms with Crippen LogP contribution in [0.15, 0.2) is 4.99 Å². The van der Waals surface area contributed by atoms with Gasteiger partial charge in [-0.25, -0.2) is 0 Å². The van der Waals surface area contributed by atoms with Crippen molar-refractivity contribution >= 4 is 35.8 Å². The van der Waals surface area contributed by atoms with E-state index in [4.69, 9.17) is 0 Å². The number of piperidine rings is 1. The predicted octanol–water partition coefficient (Wildman–Crippen LogP) is 0.944. The zero-order chi connectivity index (χ0) is 12.6. The maximum atomic E-state index is 11.5. The topological polar surface area (TPSA) is 56.7 Å². The zero-order valence-electron chi connectivity index (χ0n) is 11.4. The standard InChI is InChI=1S/C13H22N4O.HI/c1-14-12(16-10-3-4-10)17-6-2-5-13(9-17)7-11(18)15-8-13;/h10H,2-9H2,1H3,(H,14,16)(H,15,18);1H. The van der Waals surface area contributed by atoms with Crippen LogP contribution in [0.4, 0.5) is 0 Å². The van der Waals surface area contributed by atoms with E-state index in [0.717, 1.165) is 38.4 Å². The van der Waals surface area contributed by atoms with Crippen molar-refractivity contribution in [3.63, 3.8) is 0 Å². The van der Waals surface area contributed by atoms with Gasteiger partial charge < -0.3 is 15.5 Å². The van der Waals surface area contributed by atoms with E-state index in [1.54, 1.807) is 0 Å². The minimum Gasteiger partial charge on any atom is -0.355 e. The Morgan fingerprint density at radius 2 is 2.32 bits per heavy atom. The van der Waals surface area contributed by atoms with Crippen molar-refractivity contribution < 1.29 is 4.79 Å². The molecule has 0 aromatic rings. The number of aliphatic imine (C=N–C) groups is 1. The third-order valence-corrected chi connectivity index (χ3v) is 4.28. The molecule has 3 aliphatic rings. The Labute approximate surface area is 131 Å². The maximum absolute atomic E-state index is 11.5. The molecule has 19 heavy (non-hydrogen) atoms. The Bertz CT molecular complexity index is 383. The highest BCUT2D eigenvalue weighted by Gasteiger charge is 2.42. The van der Waals surface area contributed by atoms with Crippen molar-refractivity contribution in [3.8, 4) is 0 Å². The van der Waals surface area contributed by atoms with Crippen LogP contribution in [0.25, 0.3) is 0 Å². The first-order valence-corrected chi connectivity index (χ1v) is 6.96. The summed E-state index contributed by atoms with van der Waals surface area (Å²) in [6.45, 7) is 2.85. The number of hydrogen-bond acceptors (Lipinski definition) is 2. The number of rotatable bonds is 1. The molecule has 2 heterocycles. The van der Waals surface area contributed by atoms with Crippen molar-refractivity contribution in [3.05, 3.63) is 0 Å². The highest BCUT2D eigenvalue weighted by molar-refractivity contribution is 14.0. The molecule has 1 atom stereocenters. The van der Waals surface area contributed by atoms with Crippen LogP contribution in [0, 0.1) is 5.41 Å². The summed E-state index contributed by atoms with van der Waals surface area (Å²) in [5.74, 6) is 1.23. The largest absolute Gasteiger partial charge is 0.355 e. The molecular weight excluding hydrogens is 355 g/mol. The Morgan fingerprint density at radius 1 is 1.53 bits per heavy atom. The summed E-state index contributed by atoms with van der Waals surface area (Å²) in [5.41, 5.74) is 0.149. The number of carbonyl (C=O) groups is 1. The van der Waals surface area contributed by atoms with Gasteiger partial charge in [0, 0.05) is 44.6 Å². The maximum Gasteiger partial charge on any atom is 0.220 e. The summed E-state index contributed by atoms with van der Waals surface area (Å²) in [4.78, 5) is 18.2. The van der Waals surface area contributed by atoms with Gasteiger partial charge in [0.2, 0.25) is 5.91 Å². The van der Waals surface area contributed by atoms with E-state index in [9.17, 15) is 4.79 Å². The molecule has 3 fully saturated rings. The molecule has 1 saturated carbocycles. The molecule has 1 spiro atoms. The second-order valence-corrected chi connectivity index (χ2v) is 5.94. The molecule has 1 unspecified atom stereocenters. The zero-order valence-corrected chi connectivity index (χ0v) is 13.8. The Hall–Kier alpha value is -0.530. The molecule has 0 aromatic carbocycles. The smallest absolute Gasteiger partial charge is 0.220 e. The van der Waals surface area contributed by atoms with Gasteiger partial charge in [-0.2, -0.15) is 0 Å². The van der Waals surface area contributed by atoms with E-state index >= 15 is 0 Å². The van der Waals surface area contributed by atoms with Gasteiger partial charge in [-0.3, -0.25) is 9.79 Å². The number of nitrogens with one attached hydrogen (secondary N) is 2. The van der Waals surface area contributed by atoms with Crippen LogP contribution in [0.3, 0.4) is 0 Å². The lowest BCUT2D eigenvalue weighted by Gasteiger charge is -2.40. The molecule has 108 valence electrons. The first kappa shape index (κ1) is 14.9. The second-order valence-electron chi connectivity index (χ2n) is 5.94. The van der Waals surface area contributed by atoms with Crippen LogP contribution in [0.1, 0.15) is 32.1 Å². The average Bonchev–Trinajstić information content (AvgIpc) is 3.12. The van der Waals surface area contributed by atoms with Crippen LogP contribution < -0.4 is 10.6 Å². The molecule has 0 bridgehead atoms. The summed E-state index contributed by atoms with van der Waals surface area (Å²) in [5, 5.41) is 6.48. The van der Waals surface area contributed by atoms with Gasteiger partial charge in [-0.1, -0.05) is 0 Å². The molecule has 0 aromatic heterocycles. The monoisotopic (exact) mass is 378 g/mol. The van der Waals surface area contributed by atoms with E-state index in [-0.39, 0.29) is 35.3 Å². The van der Waals surface area contributed by atoms with Crippen LogP contribution in [0.2, 0.25) is 0 Å². The number of carbonyl (C=O) groups excluding carboxylic acids is 1. The summed E-state index contributed by atoms with van der Waals surface area (Å²) < 4.78 is 0. The van der Waals surface area contributed by atoms with Gasteiger partial charge in [0.25, 0.3) is 0 Å². The number of likely N-dealkylation sites (tertiary alicyclic amines) is 1. The van der Waals surface area contributed by atoms with Crippen molar-refractivity contribution in [1.29, 1.82) is 0 Å². The molecule has 2 aliphatic heterocycles. The summed E-state index contributed by atoms with van der Waals surface area (Å²) in [6, 6.07) is 0.630. The number of guanidine groups is 1. The lowest BCUT2D eigenvalue weighted by Crippen LogP contribution is -2.51. The van der Waals surface area contributed by atoms with Crippen molar-refractivity contribution in [1.82, 2.24) is 15.5 Å². The normalized spacial score (nSPS) is 31.1. The summed E-state index contributed by atoms with van der Waals surface area (Å²) in [6.07, 6.45) is 5.52. The minimum atomic E-state index is 0. The molecule has 1 aliphatic carbocycles. The summed E-state index contributed by atoms with van der Waals surface area (Å²) in [7, 11) is 1.85. The van der Waals surface area contributed by atoms with Crippen molar-refractivity contribution in [2.75, 3.05) is 26.7 Å². The fraction of sp³-hybridized carbons (Fsp3) is 0.846. The molecule has 0 radical (unpaired) electrons. The van der Waals surface area contributed by atoms with Gasteiger partial charge in [0.15, 0.2) is 5.96 Å². The predicted molar refractivity (Wildman–Crippen MR) is 85.8 cm³/mol. The minimum absolute atomic E-state index is 0. The van der Waals surface area contributed by atoms with E-state index < -0.39 is 0 Å². The molecular formula is C13H23IN4O. The summed E-state index contributed by atoms with van der Waals surface area (Å²) >= 11 is 0. The van der Waals surface area contributed by atoms with Gasteiger partial charge in [0.1, 0.15) is 0 Å². The number of nitrogens with zero attached hydrogens (tertiary/aromatic N) is 2. The third-order valence-electron chi connectivity index (χ3n) is 4.28. The second kappa shape index (κ2) is 5.85. The highest BCUT2D eigenvalue weighted by atomic mass is 127. The third kappa shape index (κ3) is 3.32. The van der Waals surface area contributed by atoms with Crippen LogP contribution in [-0.4, -0.2) is 49.5 Å². The van der Waals surface area contributed by atoms with Crippen LogP contribution >= 0.6 is 24.0 Å². The van der Waals surface area contributed by atoms with Gasteiger partial charge in [0.05, 0.1) is 0 Å². The van der Waals surface area contributed by atoms with E-state index in [1.165, 1.54) is 12.8 Å². The lowest BCUT2D eigenvalue weighted by atomic mass is 9.79. The Morgan fingerprint density at radius 3 is 2.89 bits per heavy atom. The van der Waals surface area contributed by atoms with Crippen molar-refractivity contribution in [2.45, 2.75) is 38.1 Å². The van der Waals surface area contributed by atoms with E-state index in [2.05, 4.69) is 20.5 Å². The van der Waals surface area contributed by atoms with Crippen LogP contribution in [-0.2, 0) is 4.79 Å². The molecule has 1 amide bonds. The van der Waals surface area contributed by atoms with Gasteiger partial charge in [-0.15, -0.1) is 24.0 Å². The quantitative estimate of drug-likeness (QED) is 0.406. The first-order chi connectivity index (χ1) is 8.71. The number of halogens is 1. The number of hydrogen-bond donors (Lipinski definition) is 2. The van der Waals surface area contributed by atoms with E-state index in [0.29, 0.717) is 12.5 Å². The van der Waals surface area contributed by atoms with E-state index in [1.807, 2.05) is 7.05 Å². The molecule has 6 heteroatoms. The molecule has 2 N–H and O–H groups in total.